The van der Waals surface area contributed by atoms with Crippen molar-refractivity contribution in [3.8, 4) is 5.75 Å². The average Bonchev–Trinajstić information content (AvgIpc) is 2.69. The van der Waals surface area contributed by atoms with Crippen LogP contribution in [0.2, 0.25) is 0 Å². The number of ether oxygens (including phenoxy) is 1. The molecule has 1 aromatic heterocycles. The Kier molecular flexibility index (Phi) is 5.77. The van der Waals surface area contributed by atoms with E-state index in [1.807, 2.05) is 6.07 Å². The number of anilines is 1. The van der Waals surface area contributed by atoms with Crippen LogP contribution in [0.3, 0.4) is 0 Å². The maximum absolute atomic E-state index is 12.3. The summed E-state index contributed by atoms with van der Waals surface area (Å²) >= 11 is 0. The molecule has 0 radical (unpaired) electrons. The Labute approximate surface area is 163 Å². The molecule has 148 valence electrons. The molecule has 3 rings (SSSR count). The highest BCUT2D eigenvalue weighted by atomic mass is 19.4. The van der Waals surface area contributed by atoms with Crippen molar-refractivity contribution in [2.45, 2.75) is 6.36 Å². The monoisotopic (exact) mass is 402 g/mol. The molecule has 2 N–H and O–H groups in total. The summed E-state index contributed by atoms with van der Waals surface area (Å²) in [5, 5.41) is 2.56. The maximum atomic E-state index is 12.3. The molecule has 1 heterocycles. The summed E-state index contributed by atoms with van der Waals surface area (Å²) in [5.41, 5.74) is 3.59. The lowest BCUT2D eigenvalue weighted by atomic mass is 10.1. The summed E-state index contributed by atoms with van der Waals surface area (Å²) in [5.74, 6) is -1.21. The highest BCUT2D eigenvalue weighted by Crippen LogP contribution is 2.24. The van der Waals surface area contributed by atoms with Gasteiger partial charge in [0.1, 0.15) is 5.75 Å². The van der Waals surface area contributed by atoms with E-state index in [0.29, 0.717) is 11.3 Å². The molecular formula is C20H15F3N3O3+. The number of aromatic nitrogens is 1. The first-order chi connectivity index (χ1) is 13.8. The Morgan fingerprint density at radius 3 is 1.90 bits per heavy atom. The molecule has 2 aromatic carbocycles. The van der Waals surface area contributed by atoms with E-state index in [1.54, 1.807) is 24.5 Å². The Hall–Kier alpha value is -3.88. The number of alkyl halides is 3. The Balaban J connectivity index is 1.61. The first kappa shape index (κ1) is 19.9. The first-order valence-corrected chi connectivity index (χ1v) is 8.35. The van der Waals surface area contributed by atoms with Gasteiger partial charge in [0.25, 0.3) is 5.91 Å². The van der Waals surface area contributed by atoms with Gasteiger partial charge in [0, 0.05) is 28.9 Å². The minimum absolute atomic E-state index is 0.282. The van der Waals surface area contributed by atoms with Crippen LogP contribution >= 0.6 is 0 Å². The second-order valence-electron chi connectivity index (χ2n) is 5.83. The van der Waals surface area contributed by atoms with E-state index >= 15 is 0 Å². The van der Waals surface area contributed by atoms with Crippen molar-refractivity contribution in [3.05, 3.63) is 90.3 Å². The van der Waals surface area contributed by atoms with Crippen LogP contribution in [0.25, 0.3) is 0 Å². The average molecular weight is 402 g/mol. The topological polar surface area (TPSA) is 71.3 Å². The third kappa shape index (κ3) is 5.80. The Bertz CT molecular complexity index is 989. The summed E-state index contributed by atoms with van der Waals surface area (Å²) < 4.78 is 41.8. The second kappa shape index (κ2) is 8.42. The van der Waals surface area contributed by atoms with Crippen molar-refractivity contribution >= 4 is 17.5 Å². The zero-order chi connectivity index (χ0) is 20.9. The smallest absolute Gasteiger partial charge is 0.406 e. The number of benzene rings is 2. The summed E-state index contributed by atoms with van der Waals surface area (Å²) in [6.07, 6.45) is -1.44. The number of amides is 2. The van der Waals surface area contributed by atoms with Gasteiger partial charge in [0.05, 0.1) is 0 Å². The molecule has 0 unspecified atom stereocenters. The number of halogens is 3. The van der Waals surface area contributed by atoms with E-state index in [1.165, 1.54) is 41.1 Å². The van der Waals surface area contributed by atoms with Crippen LogP contribution in [0.4, 0.5) is 18.9 Å². The quantitative estimate of drug-likeness (QED) is 0.642. The minimum Gasteiger partial charge on any atom is -0.406 e. The number of carbonyl (C=O) groups is 2. The maximum Gasteiger partial charge on any atom is 0.573 e. The van der Waals surface area contributed by atoms with Gasteiger partial charge in [-0.25, -0.2) is 0 Å². The molecule has 0 fully saturated rings. The van der Waals surface area contributed by atoms with Gasteiger partial charge in [-0.15, -0.1) is 18.6 Å². The minimum atomic E-state index is -4.78. The normalized spacial score (nSPS) is 10.9. The van der Waals surface area contributed by atoms with Gasteiger partial charge in [-0.1, -0.05) is 10.7 Å². The standard InChI is InChI=1S/C20H14F3N3O3/c21-20(22,23)29-17-10-8-16(9-11-17)24-18(27)14-4-6-15(7-5-14)19(28)25-26-12-2-1-3-13-26/h1-13H,(H-,24,25,27,28)/p+1. The molecule has 29 heavy (non-hydrogen) atoms. The molecule has 0 aliphatic carbocycles. The Morgan fingerprint density at radius 1 is 0.793 bits per heavy atom. The molecule has 9 heteroatoms. The summed E-state index contributed by atoms with van der Waals surface area (Å²) in [4.78, 5) is 24.5. The summed E-state index contributed by atoms with van der Waals surface area (Å²) in [7, 11) is 0. The van der Waals surface area contributed by atoms with Crippen LogP contribution in [0, 0.1) is 0 Å². The van der Waals surface area contributed by atoms with Crippen LogP contribution in [-0.4, -0.2) is 18.2 Å². The van der Waals surface area contributed by atoms with Gasteiger partial charge in [0.2, 0.25) is 0 Å². The fourth-order valence-electron chi connectivity index (χ4n) is 2.37. The van der Waals surface area contributed by atoms with E-state index in [0.717, 1.165) is 12.1 Å². The number of carbonyl (C=O) groups excluding carboxylic acids is 2. The molecule has 0 atom stereocenters. The van der Waals surface area contributed by atoms with Crippen LogP contribution in [0.15, 0.2) is 79.1 Å². The van der Waals surface area contributed by atoms with Gasteiger partial charge < -0.3 is 10.1 Å². The van der Waals surface area contributed by atoms with Crippen LogP contribution in [0.1, 0.15) is 20.7 Å². The zero-order valence-corrected chi connectivity index (χ0v) is 14.8. The molecule has 3 aromatic rings. The van der Waals surface area contributed by atoms with E-state index < -0.39 is 12.3 Å². The summed E-state index contributed by atoms with van der Waals surface area (Å²) in [6.45, 7) is 0. The molecule has 0 saturated heterocycles. The fourth-order valence-corrected chi connectivity index (χ4v) is 2.37. The third-order valence-electron chi connectivity index (χ3n) is 3.70. The lowest BCUT2D eigenvalue weighted by Crippen LogP contribution is -2.47. The van der Waals surface area contributed by atoms with Gasteiger partial charge in [0.15, 0.2) is 12.4 Å². The van der Waals surface area contributed by atoms with Crippen molar-refractivity contribution in [1.82, 2.24) is 0 Å². The van der Waals surface area contributed by atoms with E-state index in [-0.39, 0.29) is 17.2 Å². The molecule has 6 nitrogen and oxygen atoms in total. The largest absolute Gasteiger partial charge is 0.573 e. The molecular weight excluding hydrogens is 387 g/mol. The van der Waals surface area contributed by atoms with Crippen LogP contribution in [-0.2, 0) is 0 Å². The van der Waals surface area contributed by atoms with Crippen molar-refractivity contribution in [2.24, 2.45) is 0 Å². The highest BCUT2D eigenvalue weighted by Gasteiger charge is 2.30. The predicted octanol–water partition coefficient (Wildman–Crippen LogP) is 3.51. The molecule has 0 spiro atoms. The van der Waals surface area contributed by atoms with Gasteiger partial charge in [-0.2, -0.15) is 0 Å². The lowest BCUT2D eigenvalue weighted by Gasteiger charge is -2.10. The number of hydrogen-bond donors (Lipinski definition) is 2. The van der Waals surface area contributed by atoms with Crippen molar-refractivity contribution in [2.75, 3.05) is 10.7 Å². The SMILES string of the molecule is O=C(Nc1ccc(OC(F)(F)F)cc1)c1ccc(C(=O)N[n+]2ccccc2)cc1. The molecule has 0 bridgehead atoms. The van der Waals surface area contributed by atoms with Gasteiger partial charge in [-0.3, -0.25) is 9.59 Å². The number of nitrogens with one attached hydrogen (secondary N) is 2. The lowest BCUT2D eigenvalue weighted by molar-refractivity contribution is -0.641. The van der Waals surface area contributed by atoms with Crippen molar-refractivity contribution in [1.29, 1.82) is 0 Å². The third-order valence-corrected chi connectivity index (χ3v) is 3.70. The van der Waals surface area contributed by atoms with E-state index in [4.69, 9.17) is 0 Å². The summed E-state index contributed by atoms with van der Waals surface area (Å²) in [6, 6.07) is 16.0. The number of nitrogens with zero attached hydrogens (tertiary/aromatic N) is 1. The van der Waals surface area contributed by atoms with Crippen LogP contribution < -0.4 is 20.2 Å². The first-order valence-electron chi connectivity index (χ1n) is 8.35. The highest BCUT2D eigenvalue weighted by molar-refractivity contribution is 6.05. The van der Waals surface area contributed by atoms with Gasteiger partial charge in [-0.05, 0) is 48.5 Å². The number of rotatable bonds is 5. The van der Waals surface area contributed by atoms with Crippen molar-refractivity contribution < 1.29 is 32.2 Å². The molecule has 0 aliphatic rings. The van der Waals surface area contributed by atoms with Crippen LogP contribution in [0.5, 0.6) is 5.75 Å². The molecule has 0 saturated carbocycles. The second-order valence-corrected chi connectivity index (χ2v) is 5.83. The van der Waals surface area contributed by atoms with Crippen molar-refractivity contribution in [3.63, 3.8) is 0 Å². The predicted molar refractivity (Wildman–Crippen MR) is 97.8 cm³/mol. The fraction of sp³-hybridized carbons (Fsp3) is 0.0500. The van der Waals surface area contributed by atoms with E-state index in [9.17, 15) is 22.8 Å². The molecule has 0 aliphatic heterocycles. The Morgan fingerprint density at radius 2 is 1.34 bits per heavy atom. The number of pyridine rings is 1. The number of hydrogen-bond acceptors (Lipinski definition) is 3. The zero-order valence-electron chi connectivity index (χ0n) is 14.8. The van der Waals surface area contributed by atoms with Gasteiger partial charge >= 0.3 is 12.3 Å². The van der Waals surface area contributed by atoms with E-state index in [2.05, 4.69) is 15.5 Å². The molecule has 2 amide bonds.